The van der Waals surface area contributed by atoms with Crippen LogP contribution < -0.4 is 0 Å². The van der Waals surface area contributed by atoms with Crippen LogP contribution >= 0.6 is 35.0 Å². The largest absolute Gasteiger partial charge is 0.293 e. The standard InChI is InChI=1S/C22H14Cl2FN3OS/c23-15-7-11-17(12-8-15)28-21(18-3-1-2-4-19(18)24)26-27-22(28)30-13-20(29)14-5-9-16(25)10-6-14/h1-12H,13H2. The summed E-state index contributed by atoms with van der Waals surface area (Å²) in [5.74, 6) is 0.163. The third kappa shape index (κ3) is 4.41. The lowest BCUT2D eigenvalue weighted by Gasteiger charge is -2.11. The van der Waals surface area contributed by atoms with Gasteiger partial charge in [0, 0.05) is 21.8 Å². The highest BCUT2D eigenvalue weighted by Gasteiger charge is 2.19. The average molecular weight is 458 g/mol. The van der Waals surface area contributed by atoms with E-state index in [0.717, 1.165) is 11.3 Å². The Labute approximate surface area is 186 Å². The van der Waals surface area contributed by atoms with E-state index in [1.807, 2.05) is 34.9 Å². The number of benzene rings is 3. The Morgan fingerprint density at radius 2 is 1.63 bits per heavy atom. The van der Waals surface area contributed by atoms with Gasteiger partial charge in [-0.2, -0.15) is 0 Å². The second kappa shape index (κ2) is 9.00. The average Bonchev–Trinajstić information content (AvgIpc) is 3.17. The van der Waals surface area contributed by atoms with Gasteiger partial charge in [-0.3, -0.25) is 9.36 Å². The molecule has 30 heavy (non-hydrogen) atoms. The van der Waals surface area contributed by atoms with Gasteiger partial charge >= 0.3 is 0 Å². The number of hydrogen-bond donors (Lipinski definition) is 0. The van der Waals surface area contributed by atoms with Gasteiger partial charge in [-0.15, -0.1) is 10.2 Å². The van der Waals surface area contributed by atoms with Gasteiger partial charge in [0.1, 0.15) is 5.82 Å². The predicted octanol–water partition coefficient (Wildman–Crippen LogP) is 6.36. The third-order valence-corrected chi connectivity index (χ3v) is 5.84. The van der Waals surface area contributed by atoms with Crippen LogP contribution in [0.3, 0.4) is 0 Å². The van der Waals surface area contributed by atoms with Crippen LogP contribution in [0.25, 0.3) is 17.1 Å². The summed E-state index contributed by atoms with van der Waals surface area (Å²) in [5.41, 5.74) is 1.95. The Balaban J connectivity index is 1.69. The van der Waals surface area contributed by atoms with Crippen molar-refractivity contribution in [2.45, 2.75) is 5.16 Å². The maximum atomic E-state index is 13.1. The number of thioether (sulfide) groups is 1. The maximum Gasteiger partial charge on any atom is 0.196 e. The molecule has 0 saturated heterocycles. The number of Topliss-reactive ketones (excluding diaryl/α,β-unsaturated/α-hetero) is 1. The minimum Gasteiger partial charge on any atom is -0.293 e. The van der Waals surface area contributed by atoms with E-state index in [-0.39, 0.29) is 17.4 Å². The van der Waals surface area contributed by atoms with Crippen molar-refractivity contribution >= 4 is 40.7 Å². The van der Waals surface area contributed by atoms with Gasteiger partial charge in [0.15, 0.2) is 16.8 Å². The summed E-state index contributed by atoms with van der Waals surface area (Å²) in [6.07, 6.45) is 0. The monoisotopic (exact) mass is 457 g/mol. The van der Waals surface area contributed by atoms with Crippen LogP contribution in [0.1, 0.15) is 10.4 Å². The first kappa shape index (κ1) is 20.6. The number of carbonyl (C=O) groups is 1. The Kier molecular flexibility index (Phi) is 6.18. The summed E-state index contributed by atoms with van der Waals surface area (Å²) >= 11 is 13.7. The van der Waals surface area contributed by atoms with Crippen LogP contribution in [0, 0.1) is 5.82 Å². The van der Waals surface area contributed by atoms with Crippen LogP contribution in [0.15, 0.2) is 78.0 Å². The quantitative estimate of drug-likeness (QED) is 0.249. The molecule has 0 atom stereocenters. The van der Waals surface area contributed by atoms with Crippen LogP contribution in [-0.4, -0.2) is 26.3 Å². The fraction of sp³-hybridized carbons (Fsp3) is 0.0455. The number of halogens is 3. The van der Waals surface area contributed by atoms with Crippen molar-refractivity contribution in [3.05, 3.63) is 94.2 Å². The molecule has 0 spiro atoms. The smallest absolute Gasteiger partial charge is 0.196 e. The van der Waals surface area contributed by atoms with E-state index in [9.17, 15) is 9.18 Å². The molecule has 0 amide bonds. The molecule has 0 fully saturated rings. The van der Waals surface area contributed by atoms with Crippen molar-refractivity contribution in [1.29, 1.82) is 0 Å². The van der Waals surface area contributed by atoms with E-state index < -0.39 is 0 Å². The SMILES string of the molecule is O=C(CSc1nnc(-c2ccccc2Cl)n1-c1ccc(Cl)cc1)c1ccc(F)cc1. The number of nitrogens with zero attached hydrogens (tertiary/aromatic N) is 3. The van der Waals surface area contributed by atoms with E-state index in [4.69, 9.17) is 23.2 Å². The Morgan fingerprint density at radius 3 is 2.33 bits per heavy atom. The molecule has 4 rings (SSSR count). The molecule has 0 N–H and O–H groups in total. The first-order chi connectivity index (χ1) is 14.5. The van der Waals surface area contributed by atoms with Crippen molar-refractivity contribution in [2.75, 3.05) is 5.75 Å². The highest BCUT2D eigenvalue weighted by atomic mass is 35.5. The minimum atomic E-state index is -0.383. The molecule has 4 nitrogen and oxygen atoms in total. The molecular formula is C22H14Cl2FN3OS. The summed E-state index contributed by atoms with van der Waals surface area (Å²) in [7, 11) is 0. The molecule has 4 aromatic rings. The predicted molar refractivity (Wildman–Crippen MR) is 118 cm³/mol. The lowest BCUT2D eigenvalue weighted by Crippen LogP contribution is -2.05. The molecular weight excluding hydrogens is 444 g/mol. The van der Waals surface area contributed by atoms with Crippen molar-refractivity contribution in [2.24, 2.45) is 0 Å². The highest BCUT2D eigenvalue weighted by molar-refractivity contribution is 7.99. The first-order valence-electron chi connectivity index (χ1n) is 8.91. The molecule has 150 valence electrons. The number of rotatable bonds is 6. The van der Waals surface area contributed by atoms with Crippen LogP contribution in [0.2, 0.25) is 10.0 Å². The molecule has 0 bridgehead atoms. The summed E-state index contributed by atoms with van der Waals surface area (Å²) in [4.78, 5) is 12.5. The molecule has 0 aliphatic heterocycles. The maximum absolute atomic E-state index is 13.1. The number of carbonyl (C=O) groups excluding carboxylic acids is 1. The van der Waals surface area contributed by atoms with E-state index in [1.165, 1.54) is 36.0 Å². The Morgan fingerprint density at radius 1 is 0.933 bits per heavy atom. The van der Waals surface area contributed by atoms with E-state index in [2.05, 4.69) is 10.2 Å². The second-order valence-corrected chi connectivity index (χ2v) is 8.10. The molecule has 0 aliphatic rings. The second-order valence-electron chi connectivity index (χ2n) is 6.32. The van der Waals surface area contributed by atoms with Gasteiger partial charge in [-0.1, -0.05) is 47.1 Å². The van der Waals surface area contributed by atoms with Crippen LogP contribution in [0.4, 0.5) is 4.39 Å². The summed E-state index contributed by atoms with van der Waals surface area (Å²) in [6, 6.07) is 20.0. The van der Waals surface area contributed by atoms with Gasteiger partial charge in [0.05, 0.1) is 10.8 Å². The molecule has 1 heterocycles. The van der Waals surface area contributed by atoms with Crippen molar-refractivity contribution < 1.29 is 9.18 Å². The zero-order valence-electron chi connectivity index (χ0n) is 15.4. The van der Waals surface area contributed by atoms with Gasteiger partial charge in [-0.05, 0) is 60.7 Å². The van der Waals surface area contributed by atoms with Crippen molar-refractivity contribution in [3.8, 4) is 17.1 Å². The van der Waals surface area contributed by atoms with Gasteiger partial charge in [0.25, 0.3) is 0 Å². The van der Waals surface area contributed by atoms with Crippen LogP contribution in [-0.2, 0) is 0 Å². The van der Waals surface area contributed by atoms with Crippen molar-refractivity contribution in [3.63, 3.8) is 0 Å². The summed E-state index contributed by atoms with van der Waals surface area (Å²) in [6.45, 7) is 0. The van der Waals surface area contributed by atoms with E-state index in [1.54, 1.807) is 18.2 Å². The zero-order chi connectivity index (χ0) is 21.1. The minimum absolute atomic E-state index is 0.125. The van der Waals surface area contributed by atoms with Gasteiger partial charge in [0.2, 0.25) is 0 Å². The summed E-state index contributed by atoms with van der Waals surface area (Å²) < 4.78 is 14.9. The van der Waals surface area contributed by atoms with E-state index in [0.29, 0.717) is 26.6 Å². The molecule has 8 heteroatoms. The fourth-order valence-corrected chi connectivity index (χ4v) is 4.05. The van der Waals surface area contributed by atoms with E-state index >= 15 is 0 Å². The molecule has 0 aliphatic carbocycles. The highest BCUT2D eigenvalue weighted by Crippen LogP contribution is 2.32. The normalized spacial score (nSPS) is 10.9. The number of ketones is 1. The third-order valence-electron chi connectivity index (χ3n) is 4.33. The van der Waals surface area contributed by atoms with Crippen molar-refractivity contribution in [1.82, 2.24) is 14.8 Å². The number of hydrogen-bond acceptors (Lipinski definition) is 4. The number of aromatic nitrogens is 3. The Bertz CT molecular complexity index is 1190. The summed E-state index contributed by atoms with van der Waals surface area (Å²) in [5, 5.41) is 10.3. The molecule has 1 aromatic heterocycles. The Hall–Kier alpha value is -2.67. The van der Waals surface area contributed by atoms with Gasteiger partial charge < -0.3 is 0 Å². The molecule has 0 unspecified atom stereocenters. The first-order valence-corrected chi connectivity index (χ1v) is 10.6. The van der Waals surface area contributed by atoms with Gasteiger partial charge in [-0.25, -0.2) is 4.39 Å². The molecule has 0 radical (unpaired) electrons. The fourth-order valence-electron chi connectivity index (χ4n) is 2.85. The zero-order valence-corrected chi connectivity index (χ0v) is 17.8. The topological polar surface area (TPSA) is 47.8 Å². The lowest BCUT2D eigenvalue weighted by atomic mass is 10.1. The lowest BCUT2D eigenvalue weighted by molar-refractivity contribution is 0.102. The molecule has 3 aromatic carbocycles. The van der Waals surface area contributed by atoms with Crippen LogP contribution in [0.5, 0.6) is 0 Å². The molecule has 0 saturated carbocycles.